The van der Waals surface area contributed by atoms with E-state index in [4.69, 9.17) is 27.9 Å². The highest BCUT2D eigenvalue weighted by Gasteiger charge is 2.29. The van der Waals surface area contributed by atoms with Crippen LogP contribution in [0.2, 0.25) is 10.0 Å². The maximum atomic E-state index is 12.2. The molecule has 4 rings (SSSR count). The van der Waals surface area contributed by atoms with Gasteiger partial charge in [0.05, 0.1) is 6.10 Å². The number of carbonyl (C=O) groups excluding carboxylic acids is 1. The lowest BCUT2D eigenvalue weighted by molar-refractivity contribution is 0.0137. The van der Waals surface area contributed by atoms with E-state index in [2.05, 4.69) is 29.6 Å². The SMILES string of the molecule is O=C(NCCC(O)C(O)c1ccc(Cl)cc1Cl)OCC1c2ccccc2-c2ccccc21. The minimum Gasteiger partial charge on any atom is -0.449 e. The maximum Gasteiger partial charge on any atom is 0.407 e. The number of benzene rings is 3. The van der Waals surface area contributed by atoms with Gasteiger partial charge in [-0.2, -0.15) is 0 Å². The number of aliphatic hydroxyl groups is 2. The van der Waals surface area contributed by atoms with Crippen LogP contribution < -0.4 is 5.32 Å². The van der Waals surface area contributed by atoms with E-state index in [1.54, 1.807) is 12.1 Å². The van der Waals surface area contributed by atoms with E-state index >= 15 is 0 Å². The lowest BCUT2D eigenvalue weighted by Gasteiger charge is -2.20. The molecule has 3 aromatic carbocycles. The molecule has 0 aromatic heterocycles. The Bertz CT molecular complexity index is 1080. The summed E-state index contributed by atoms with van der Waals surface area (Å²) in [6, 6.07) is 20.9. The Labute approximate surface area is 196 Å². The average molecular weight is 472 g/mol. The Kier molecular flexibility index (Phi) is 7.01. The Hall–Kier alpha value is -2.57. The van der Waals surface area contributed by atoms with Gasteiger partial charge in [0.25, 0.3) is 0 Å². The Morgan fingerprint density at radius 1 is 0.969 bits per heavy atom. The largest absolute Gasteiger partial charge is 0.449 e. The van der Waals surface area contributed by atoms with Crippen LogP contribution in [0.25, 0.3) is 11.1 Å². The smallest absolute Gasteiger partial charge is 0.407 e. The van der Waals surface area contributed by atoms with Crippen LogP contribution >= 0.6 is 23.2 Å². The first-order valence-corrected chi connectivity index (χ1v) is 11.1. The molecule has 1 amide bonds. The van der Waals surface area contributed by atoms with E-state index in [0.29, 0.717) is 10.6 Å². The molecule has 0 fully saturated rings. The number of ether oxygens (including phenoxy) is 1. The van der Waals surface area contributed by atoms with Gasteiger partial charge in [0.2, 0.25) is 0 Å². The summed E-state index contributed by atoms with van der Waals surface area (Å²) < 4.78 is 5.47. The number of fused-ring (bicyclic) bond motifs is 3. The second-order valence-corrected chi connectivity index (χ2v) is 8.56. The van der Waals surface area contributed by atoms with Crippen molar-refractivity contribution < 1.29 is 19.7 Å². The molecule has 0 heterocycles. The molecule has 0 bridgehead atoms. The van der Waals surface area contributed by atoms with Crippen molar-refractivity contribution in [3.8, 4) is 11.1 Å². The van der Waals surface area contributed by atoms with Gasteiger partial charge in [-0.3, -0.25) is 0 Å². The standard InChI is InChI=1S/C25H23Cl2NO4/c26-15-9-10-20(22(27)13-15)24(30)23(29)11-12-28-25(31)32-14-21-18-7-3-1-5-16(18)17-6-2-4-8-19(17)21/h1-10,13,21,23-24,29-30H,11-12,14H2,(H,28,31). The minimum absolute atomic E-state index is 0.0207. The van der Waals surface area contributed by atoms with Crippen LogP contribution in [0.4, 0.5) is 4.79 Å². The van der Waals surface area contributed by atoms with Gasteiger partial charge in [-0.05, 0) is 40.8 Å². The van der Waals surface area contributed by atoms with Crippen LogP contribution in [-0.2, 0) is 4.74 Å². The zero-order valence-electron chi connectivity index (χ0n) is 17.2. The summed E-state index contributed by atoms with van der Waals surface area (Å²) in [5.74, 6) is -0.0207. The van der Waals surface area contributed by atoms with Crippen molar-refractivity contribution >= 4 is 29.3 Å². The van der Waals surface area contributed by atoms with E-state index in [-0.39, 0.29) is 30.5 Å². The quantitative estimate of drug-likeness (QED) is 0.435. The number of hydrogen-bond acceptors (Lipinski definition) is 4. The zero-order valence-corrected chi connectivity index (χ0v) is 18.7. The summed E-state index contributed by atoms with van der Waals surface area (Å²) in [7, 11) is 0. The van der Waals surface area contributed by atoms with Crippen LogP contribution in [0.5, 0.6) is 0 Å². The fourth-order valence-electron chi connectivity index (χ4n) is 4.08. The number of amides is 1. The van der Waals surface area contributed by atoms with Gasteiger partial charge >= 0.3 is 6.09 Å². The number of nitrogens with one attached hydrogen (secondary N) is 1. The molecule has 7 heteroatoms. The highest BCUT2D eigenvalue weighted by Crippen LogP contribution is 2.44. The Morgan fingerprint density at radius 3 is 2.22 bits per heavy atom. The Balaban J connectivity index is 1.29. The number of halogens is 2. The third-order valence-corrected chi connectivity index (χ3v) is 6.26. The molecule has 2 unspecified atom stereocenters. The van der Waals surface area contributed by atoms with Gasteiger partial charge in [0.15, 0.2) is 0 Å². The summed E-state index contributed by atoms with van der Waals surface area (Å²) in [5.41, 5.74) is 4.98. The fourth-order valence-corrected chi connectivity index (χ4v) is 4.60. The molecule has 166 valence electrons. The van der Waals surface area contributed by atoms with Crippen molar-refractivity contribution in [3.63, 3.8) is 0 Å². The number of carbonyl (C=O) groups is 1. The van der Waals surface area contributed by atoms with Crippen LogP contribution in [0.3, 0.4) is 0 Å². The summed E-state index contributed by atoms with van der Waals surface area (Å²) in [6.07, 6.45) is -2.74. The number of hydrogen-bond donors (Lipinski definition) is 3. The molecular formula is C25H23Cl2NO4. The van der Waals surface area contributed by atoms with Crippen LogP contribution in [0.15, 0.2) is 66.7 Å². The monoisotopic (exact) mass is 471 g/mol. The zero-order chi connectivity index (χ0) is 22.7. The number of alkyl carbamates (subject to hydrolysis) is 1. The summed E-state index contributed by atoms with van der Waals surface area (Å²) >= 11 is 11.9. The molecule has 3 aromatic rings. The van der Waals surface area contributed by atoms with Gasteiger partial charge in [0, 0.05) is 28.1 Å². The molecule has 32 heavy (non-hydrogen) atoms. The average Bonchev–Trinajstić information content (AvgIpc) is 3.11. The molecule has 1 aliphatic rings. The van der Waals surface area contributed by atoms with E-state index in [9.17, 15) is 15.0 Å². The minimum atomic E-state index is -1.19. The van der Waals surface area contributed by atoms with Crippen molar-refractivity contribution in [2.75, 3.05) is 13.2 Å². The normalized spacial score (nSPS) is 14.4. The first kappa shape index (κ1) is 22.6. The van der Waals surface area contributed by atoms with Crippen molar-refractivity contribution in [2.45, 2.75) is 24.5 Å². The lowest BCUT2D eigenvalue weighted by atomic mass is 9.98. The molecule has 2 atom stereocenters. The molecule has 0 radical (unpaired) electrons. The van der Waals surface area contributed by atoms with E-state index < -0.39 is 18.3 Å². The van der Waals surface area contributed by atoms with Crippen molar-refractivity contribution in [1.29, 1.82) is 0 Å². The first-order valence-electron chi connectivity index (χ1n) is 10.4. The lowest BCUT2D eigenvalue weighted by Crippen LogP contribution is -2.30. The van der Waals surface area contributed by atoms with Crippen molar-refractivity contribution in [2.24, 2.45) is 0 Å². The van der Waals surface area contributed by atoms with E-state index in [1.807, 2.05) is 24.3 Å². The van der Waals surface area contributed by atoms with Gasteiger partial charge in [-0.25, -0.2) is 4.79 Å². The summed E-state index contributed by atoms with van der Waals surface area (Å²) in [6.45, 7) is 0.353. The fraction of sp³-hybridized carbons (Fsp3) is 0.240. The van der Waals surface area contributed by atoms with Crippen LogP contribution in [0, 0.1) is 0 Å². The highest BCUT2D eigenvalue weighted by atomic mass is 35.5. The number of rotatable bonds is 7. The van der Waals surface area contributed by atoms with Crippen LogP contribution in [0.1, 0.15) is 35.1 Å². The van der Waals surface area contributed by atoms with Gasteiger partial charge in [0.1, 0.15) is 12.7 Å². The van der Waals surface area contributed by atoms with Crippen LogP contribution in [-0.4, -0.2) is 35.6 Å². The van der Waals surface area contributed by atoms with Gasteiger partial charge in [-0.1, -0.05) is 77.8 Å². The first-order chi connectivity index (χ1) is 15.5. The molecule has 3 N–H and O–H groups in total. The third-order valence-electron chi connectivity index (χ3n) is 5.70. The van der Waals surface area contributed by atoms with Crippen molar-refractivity contribution in [1.82, 2.24) is 5.32 Å². The molecule has 0 saturated heterocycles. The highest BCUT2D eigenvalue weighted by molar-refractivity contribution is 6.35. The second kappa shape index (κ2) is 9.92. The molecule has 0 aliphatic heterocycles. The summed E-state index contributed by atoms with van der Waals surface area (Å²) in [4.78, 5) is 12.2. The molecule has 1 aliphatic carbocycles. The third kappa shape index (κ3) is 4.76. The molecule has 5 nitrogen and oxygen atoms in total. The van der Waals surface area contributed by atoms with Gasteiger partial charge in [-0.15, -0.1) is 0 Å². The predicted molar refractivity (Wildman–Crippen MR) is 125 cm³/mol. The topological polar surface area (TPSA) is 78.8 Å². The maximum absolute atomic E-state index is 12.2. The second-order valence-electron chi connectivity index (χ2n) is 7.72. The summed E-state index contributed by atoms with van der Waals surface area (Å²) in [5, 5.41) is 23.9. The molecule has 0 spiro atoms. The molecule has 0 saturated carbocycles. The van der Waals surface area contributed by atoms with Gasteiger partial charge < -0.3 is 20.3 Å². The van der Waals surface area contributed by atoms with E-state index in [0.717, 1.165) is 22.3 Å². The molecular weight excluding hydrogens is 449 g/mol. The predicted octanol–water partition coefficient (Wildman–Crippen LogP) is 5.32. The van der Waals surface area contributed by atoms with E-state index in [1.165, 1.54) is 6.07 Å². The number of aliphatic hydroxyl groups excluding tert-OH is 2. The Morgan fingerprint density at radius 2 is 1.59 bits per heavy atom. The van der Waals surface area contributed by atoms with Crippen molar-refractivity contribution in [3.05, 3.63) is 93.5 Å².